The van der Waals surface area contributed by atoms with E-state index in [1.165, 1.54) is 17.7 Å². The highest BCUT2D eigenvalue weighted by Crippen LogP contribution is 2.25. The van der Waals surface area contributed by atoms with Crippen molar-refractivity contribution in [3.8, 4) is 0 Å². The molecule has 23 heavy (non-hydrogen) atoms. The summed E-state index contributed by atoms with van der Waals surface area (Å²) in [7, 11) is 0. The number of nitrogens with two attached hydrogens (primary N) is 1. The fourth-order valence-corrected chi connectivity index (χ4v) is 2.98. The van der Waals surface area contributed by atoms with E-state index in [0.29, 0.717) is 6.42 Å². The predicted molar refractivity (Wildman–Crippen MR) is 88.2 cm³/mol. The molecule has 4 heteroatoms. The molecule has 1 atom stereocenters. The number of aryl methyl sites for hydroxylation is 1. The number of benzene rings is 2. The Morgan fingerprint density at radius 3 is 2.78 bits per heavy atom. The molecule has 0 saturated heterocycles. The van der Waals surface area contributed by atoms with Gasteiger partial charge >= 0.3 is 0 Å². The molecule has 0 spiro atoms. The molecule has 0 aliphatic carbocycles. The molecule has 1 heterocycles. The molecule has 1 radical (unpaired) electrons. The summed E-state index contributed by atoms with van der Waals surface area (Å²) >= 11 is 0. The first-order valence-electron chi connectivity index (χ1n) is 7.86. The molecule has 119 valence electrons. The van der Waals surface area contributed by atoms with Crippen LogP contribution in [0.2, 0.25) is 0 Å². The Labute approximate surface area is 135 Å². The Bertz CT molecular complexity index is 697. The molecule has 0 aromatic heterocycles. The molecule has 1 unspecified atom stereocenters. The molecule has 1 amide bonds. The first-order valence-corrected chi connectivity index (χ1v) is 7.86. The summed E-state index contributed by atoms with van der Waals surface area (Å²) in [5, 5.41) is 3.21. The molecule has 2 aromatic rings. The monoisotopic (exact) mass is 311 g/mol. The van der Waals surface area contributed by atoms with Crippen LogP contribution in [0, 0.1) is 12.2 Å². The van der Waals surface area contributed by atoms with Crippen molar-refractivity contribution in [3.05, 3.63) is 77.0 Å². The number of hydrogen-bond donors (Lipinski definition) is 2. The van der Waals surface area contributed by atoms with E-state index in [1.54, 1.807) is 12.1 Å². The topological polar surface area (TPSA) is 55.1 Å². The second kappa shape index (κ2) is 6.92. The van der Waals surface area contributed by atoms with Crippen molar-refractivity contribution in [3.63, 3.8) is 0 Å². The van der Waals surface area contributed by atoms with E-state index >= 15 is 0 Å². The smallest absolute Gasteiger partial charge is 0.239 e. The van der Waals surface area contributed by atoms with Crippen LogP contribution in [0.25, 0.3) is 0 Å². The lowest BCUT2D eigenvalue weighted by atomic mass is 9.94. The number of carbonyl (C=O) groups excluding carboxylic acids is 1. The zero-order valence-electron chi connectivity index (χ0n) is 12.9. The maximum atomic E-state index is 12.9. The third kappa shape index (κ3) is 3.77. The van der Waals surface area contributed by atoms with Crippen LogP contribution in [0.4, 0.5) is 4.39 Å². The van der Waals surface area contributed by atoms with Gasteiger partial charge in [-0.05, 0) is 66.6 Å². The van der Waals surface area contributed by atoms with Gasteiger partial charge in [-0.3, -0.25) is 4.79 Å². The summed E-state index contributed by atoms with van der Waals surface area (Å²) in [6.45, 7) is 0.789. The normalized spacial score (nSPS) is 17.3. The van der Waals surface area contributed by atoms with Crippen molar-refractivity contribution in [1.82, 2.24) is 5.32 Å². The minimum absolute atomic E-state index is 0.228. The van der Waals surface area contributed by atoms with Crippen LogP contribution in [0.5, 0.6) is 0 Å². The lowest BCUT2D eigenvalue weighted by Gasteiger charge is -2.16. The van der Waals surface area contributed by atoms with Gasteiger partial charge in [-0.1, -0.05) is 30.3 Å². The number of carbonyl (C=O) groups is 1. The Morgan fingerprint density at radius 1 is 1.26 bits per heavy atom. The highest BCUT2D eigenvalue weighted by atomic mass is 19.1. The van der Waals surface area contributed by atoms with E-state index in [-0.39, 0.29) is 11.7 Å². The van der Waals surface area contributed by atoms with Crippen molar-refractivity contribution in [1.29, 1.82) is 0 Å². The van der Waals surface area contributed by atoms with Crippen molar-refractivity contribution < 1.29 is 9.18 Å². The van der Waals surface area contributed by atoms with Crippen molar-refractivity contribution in [2.45, 2.75) is 25.3 Å². The lowest BCUT2D eigenvalue weighted by Crippen LogP contribution is -2.33. The highest BCUT2D eigenvalue weighted by molar-refractivity contribution is 5.82. The molecule has 0 bridgehead atoms. The Morgan fingerprint density at radius 2 is 2.04 bits per heavy atom. The first kappa shape index (κ1) is 15.7. The number of primary amides is 1. The van der Waals surface area contributed by atoms with Gasteiger partial charge in [0.2, 0.25) is 5.91 Å². The third-order valence-electron chi connectivity index (χ3n) is 4.22. The number of nitrogens with one attached hydrogen (secondary N) is 1. The molecule has 1 aliphatic rings. The minimum atomic E-state index is -0.424. The number of amides is 1. The van der Waals surface area contributed by atoms with Crippen LogP contribution in [-0.4, -0.2) is 12.5 Å². The standard InChI is InChI=1S/C19H20FN2O/c20-16-9-6-13(7-10-16)3-4-14-5-8-15-2-1-11-22-18(19(21)23)17(15)12-14/h4-10,12,18,22H,1-3,11H2,(H2,21,23). The van der Waals surface area contributed by atoms with Gasteiger partial charge < -0.3 is 11.1 Å². The summed E-state index contributed by atoms with van der Waals surface area (Å²) in [6.07, 6.45) is 4.74. The maximum Gasteiger partial charge on any atom is 0.239 e. The Kier molecular flexibility index (Phi) is 4.72. The minimum Gasteiger partial charge on any atom is -0.368 e. The molecular formula is C19H20FN2O. The van der Waals surface area contributed by atoms with Gasteiger partial charge in [0.1, 0.15) is 11.9 Å². The molecule has 3 rings (SSSR count). The van der Waals surface area contributed by atoms with E-state index in [9.17, 15) is 9.18 Å². The van der Waals surface area contributed by atoms with Crippen LogP contribution >= 0.6 is 0 Å². The SMILES string of the molecule is NC(=O)C1NCCCc2ccc([CH]Cc3ccc(F)cc3)cc21. The Balaban J connectivity index is 1.78. The summed E-state index contributed by atoms with van der Waals surface area (Å²) < 4.78 is 12.9. The number of rotatable bonds is 4. The van der Waals surface area contributed by atoms with E-state index < -0.39 is 6.04 Å². The second-order valence-electron chi connectivity index (χ2n) is 5.89. The molecule has 0 saturated carbocycles. The largest absolute Gasteiger partial charge is 0.368 e. The Hall–Kier alpha value is -2.20. The van der Waals surface area contributed by atoms with Crippen molar-refractivity contribution >= 4 is 5.91 Å². The molecule has 2 aromatic carbocycles. The van der Waals surface area contributed by atoms with Gasteiger partial charge in [0.05, 0.1) is 0 Å². The van der Waals surface area contributed by atoms with Crippen LogP contribution in [0.1, 0.15) is 34.7 Å². The van der Waals surface area contributed by atoms with E-state index in [2.05, 4.69) is 23.9 Å². The fourth-order valence-electron chi connectivity index (χ4n) is 2.98. The summed E-state index contributed by atoms with van der Waals surface area (Å²) in [5.41, 5.74) is 9.78. The molecule has 1 aliphatic heterocycles. The van der Waals surface area contributed by atoms with Gasteiger partial charge in [0, 0.05) is 0 Å². The number of halogens is 1. The average Bonchev–Trinajstić information content (AvgIpc) is 2.76. The highest BCUT2D eigenvalue weighted by Gasteiger charge is 2.22. The van der Waals surface area contributed by atoms with Crippen LogP contribution in [0.3, 0.4) is 0 Å². The average molecular weight is 311 g/mol. The van der Waals surface area contributed by atoms with Crippen LogP contribution in [-0.2, 0) is 17.6 Å². The number of hydrogen-bond acceptors (Lipinski definition) is 2. The predicted octanol–water partition coefficient (Wildman–Crippen LogP) is 2.68. The summed E-state index contributed by atoms with van der Waals surface area (Å²) in [4.78, 5) is 11.7. The van der Waals surface area contributed by atoms with Gasteiger partial charge in [-0.15, -0.1) is 0 Å². The molecule has 3 N–H and O–H groups in total. The van der Waals surface area contributed by atoms with Gasteiger partial charge in [0.25, 0.3) is 0 Å². The molecule has 3 nitrogen and oxygen atoms in total. The summed E-state index contributed by atoms with van der Waals surface area (Å²) in [5.74, 6) is -0.571. The summed E-state index contributed by atoms with van der Waals surface area (Å²) in [6, 6.07) is 12.2. The van der Waals surface area contributed by atoms with Gasteiger partial charge in [-0.2, -0.15) is 0 Å². The van der Waals surface area contributed by atoms with E-state index in [0.717, 1.165) is 36.1 Å². The van der Waals surface area contributed by atoms with Crippen molar-refractivity contribution in [2.75, 3.05) is 6.54 Å². The maximum absolute atomic E-state index is 12.9. The quantitative estimate of drug-likeness (QED) is 0.912. The molecular weight excluding hydrogens is 291 g/mol. The van der Waals surface area contributed by atoms with E-state index in [4.69, 9.17) is 5.73 Å². The molecule has 0 fully saturated rings. The van der Waals surface area contributed by atoms with Crippen molar-refractivity contribution in [2.24, 2.45) is 5.73 Å². The zero-order chi connectivity index (χ0) is 16.2. The fraction of sp³-hybridized carbons (Fsp3) is 0.263. The van der Waals surface area contributed by atoms with Gasteiger partial charge in [-0.25, -0.2) is 4.39 Å². The zero-order valence-corrected chi connectivity index (χ0v) is 12.9. The van der Waals surface area contributed by atoms with Crippen LogP contribution < -0.4 is 11.1 Å². The van der Waals surface area contributed by atoms with Crippen LogP contribution in [0.15, 0.2) is 42.5 Å². The van der Waals surface area contributed by atoms with Gasteiger partial charge in [0.15, 0.2) is 0 Å². The number of fused-ring (bicyclic) bond motifs is 1. The first-order chi connectivity index (χ1) is 11.1. The third-order valence-corrected chi connectivity index (χ3v) is 4.22. The van der Waals surface area contributed by atoms with E-state index in [1.807, 2.05) is 6.07 Å². The lowest BCUT2D eigenvalue weighted by molar-refractivity contribution is -0.120. The second-order valence-corrected chi connectivity index (χ2v) is 5.89.